The normalized spacial score (nSPS) is 26.2. The molecule has 1 atom stereocenters. The summed E-state index contributed by atoms with van der Waals surface area (Å²) in [5.74, 6) is 0. The summed E-state index contributed by atoms with van der Waals surface area (Å²) >= 11 is 6.93. The van der Waals surface area contributed by atoms with Crippen molar-refractivity contribution < 1.29 is 0 Å². The zero-order chi connectivity index (χ0) is 12.1. The molecule has 1 aromatic carbocycles. The number of piperidine rings is 1. The summed E-state index contributed by atoms with van der Waals surface area (Å²) in [5.41, 5.74) is 1.66. The van der Waals surface area contributed by atoms with E-state index >= 15 is 0 Å². The van der Waals surface area contributed by atoms with Crippen LogP contribution in [-0.2, 0) is 17.3 Å². The molecule has 1 aliphatic rings. The van der Waals surface area contributed by atoms with Crippen LogP contribution in [0.25, 0.3) is 0 Å². The lowest BCUT2D eigenvalue weighted by atomic mass is 9.80. The maximum atomic E-state index is 5.13. The third-order valence-corrected chi connectivity index (χ3v) is 5.89. The second-order valence-electron chi connectivity index (χ2n) is 4.47. The van der Waals surface area contributed by atoms with Crippen molar-refractivity contribution in [1.29, 1.82) is 0 Å². The first-order valence-electron chi connectivity index (χ1n) is 6.16. The molecule has 0 spiro atoms. The van der Waals surface area contributed by atoms with Crippen LogP contribution in [0, 0.1) is 0 Å². The van der Waals surface area contributed by atoms with E-state index in [4.69, 9.17) is 11.8 Å². The molecule has 0 aliphatic carbocycles. The molecule has 0 aromatic heterocycles. The Morgan fingerprint density at radius 1 is 1.35 bits per heavy atom. The Bertz CT molecular complexity index is 371. The first-order chi connectivity index (χ1) is 8.33. The van der Waals surface area contributed by atoms with Gasteiger partial charge in [-0.1, -0.05) is 37.3 Å². The highest BCUT2D eigenvalue weighted by atomic mass is 32.9. The van der Waals surface area contributed by atoms with Crippen LogP contribution in [-0.4, -0.2) is 10.8 Å². The fraction of sp³-hybridized carbons (Fsp3) is 0.538. The fourth-order valence-corrected chi connectivity index (χ4v) is 5.22. The highest BCUT2D eigenvalue weighted by Crippen LogP contribution is 2.46. The van der Waals surface area contributed by atoms with E-state index in [0.717, 1.165) is 19.5 Å². The van der Waals surface area contributed by atoms with E-state index in [1.807, 2.05) is 0 Å². The summed E-state index contributed by atoms with van der Waals surface area (Å²) in [4.78, 5) is 0. The van der Waals surface area contributed by atoms with Crippen molar-refractivity contribution in [1.82, 2.24) is 4.31 Å². The van der Waals surface area contributed by atoms with Crippen LogP contribution in [0.5, 0.6) is 0 Å². The van der Waals surface area contributed by atoms with Crippen molar-refractivity contribution in [2.75, 3.05) is 6.54 Å². The van der Waals surface area contributed by atoms with E-state index in [9.17, 15) is 0 Å². The van der Waals surface area contributed by atoms with Gasteiger partial charge in [0.15, 0.2) is 0 Å². The second-order valence-corrected chi connectivity index (χ2v) is 7.50. The van der Waals surface area contributed by atoms with Gasteiger partial charge in [0.05, 0.1) is 12.1 Å². The Balaban J connectivity index is 2.35. The van der Waals surface area contributed by atoms with Crippen molar-refractivity contribution in [3.63, 3.8) is 0 Å². The Hall–Kier alpha value is 0.0500. The van der Waals surface area contributed by atoms with Gasteiger partial charge in [-0.2, -0.15) is 0 Å². The number of benzene rings is 1. The van der Waals surface area contributed by atoms with Crippen LogP contribution >= 0.6 is 18.1 Å². The summed E-state index contributed by atoms with van der Waals surface area (Å²) in [5, 5.41) is 0. The Morgan fingerprint density at radius 3 is 2.76 bits per heavy atom. The van der Waals surface area contributed by atoms with Crippen LogP contribution in [0.2, 0.25) is 0 Å². The highest BCUT2D eigenvalue weighted by Gasteiger charge is 2.39. The van der Waals surface area contributed by atoms with E-state index in [2.05, 4.69) is 41.6 Å². The van der Waals surface area contributed by atoms with Crippen molar-refractivity contribution in [3.8, 4) is 0 Å². The summed E-state index contributed by atoms with van der Waals surface area (Å²) in [7, 11) is 0. The molecule has 1 unspecified atom stereocenters. The van der Waals surface area contributed by atoms with Gasteiger partial charge in [0.1, 0.15) is 0 Å². The van der Waals surface area contributed by atoms with Gasteiger partial charge in [-0.05, 0) is 54.6 Å². The molecule has 1 fully saturated rings. The monoisotopic (exact) mass is 283 g/mol. The average molecular weight is 283 g/mol. The number of hydrogen-bond donors (Lipinski definition) is 0. The van der Waals surface area contributed by atoms with Crippen LogP contribution < -0.4 is 0 Å². The van der Waals surface area contributed by atoms with Gasteiger partial charge < -0.3 is 0 Å². The molecule has 0 radical (unpaired) electrons. The molecular weight excluding hydrogens is 265 g/mol. The first kappa shape index (κ1) is 13.5. The topological polar surface area (TPSA) is 3.24 Å². The van der Waals surface area contributed by atoms with E-state index in [0.29, 0.717) is 0 Å². The summed E-state index contributed by atoms with van der Waals surface area (Å²) in [6.45, 7) is 4.45. The smallest absolute Gasteiger partial charge is 0.0600 e. The molecule has 1 aromatic rings. The molecule has 1 heterocycles. The molecular formula is C13H18NPS2. The fourth-order valence-electron chi connectivity index (χ4n) is 2.76. The molecule has 1 nitrogen and oxygen atoms in total. The van der Waals surface area contributed by atoms with Crippen LogP contribution in [0.15, 0.2) is 30.3 Å². The molecule has 0 bridgehead atoms. The zero-order valence-corrected chi connectivity index (χ0v) is 12.7. The maximum absolute atomic E-state index is 5.13. The Morgan fingerprint density at radius 2 is 2.12 bits per heavy atom. The molecule has 2 rings (SSSR count). The number of nitrogens with zero attached hydrogens (tertiary/aromatic N) is 1. The molecule has 92 valence electrons. The minimum atomic E-state index is 0.204. The molecule has 1 aliphatic heterocycles. The third-order valence-electron chi connectivity index (χ3n) is 3.71. The van der Waals surface area contributed by atoms with Crippen molar-refractivity contribution in [2.45, 2.75) is 38.1 Å². The molecule has 17 heavy (non-hydrogen) atoms. The molecule has 0 N–H and O–H groups in total. The van der Waals surface area contributed by atoms with E-state index in [-0.39, 0.29) is 5.54 Å². The summed E-state index contributed by atoms with van der Waals surface area (Å²) in [6.07, 6.45) is 5.04. The van der Waals surface area contributed by atoms with Gasteiger partial charge >= 0.3 is 0 Å². The first-order valence-corrected chi connectivity index (χ1v) is 9.45. The SMILES string of the molecule is CCC1(c2ccccc2)CCCCN1SP=S. The van der Waals surface area contributed by atoms with Gasteiger partial charge in [0.2, 0.25) is 0 Å². The van der Waals surface area contributed by atoms with Crippen molar-refractivity contribution >= 4 is 29.9 Å². The predicted molar refractivity (Wildman–Crippen MR) is 80.8 cm³/mol. The van der Waals surface area contributed by atoms with Crippen LogP contribution in [0.4, 0.5) is 0 Å². The lowest BCUT2D eigenvalue weighted by molar-refractivity contribution is 0.140. The van der Waals surface area contributed by atoms with Crippen molar-refractivity contribution in [2.24, 2.45) is 0 Å². The maximum Gasteiger partial charge on any atom is 0.0600 e. The van der Waals surface area contributed by atoms with Gasteiger partial charge in [-0.3, -0.25) is 0 Å². The van der Waals surface area contributed by atoms with E-state index in [1.54, 1.807) is 11.6 Å². The largest absolute Gasteiger partial charge is 0.232 e. The third kappa shape index (κ3) is 2.73. The molecule has 4 heteroatoms. The standard InChI is InChI=1S/C13H18NPS2/c1-2-13(12-8-4-3-5-9-12)10-6-7-11-14(13)17-15-16/h3-5,8-9H,2,6-7,10-11H2,1H3. The number of hydrogen-bond acceptors (Lipinski definition) is 3. The summed E-state index contributed by atoms with van der Waals surface area (Å²) in [6, 6.07) is 10.9. The van der Waals surface area contributed by atoms with Crippen LogP contribution in [0.1, 0.15) is 38.2 Å². The van der Waals surface area contributed by atoms with Gasteiger partial charge in [0.25, 0.3) is 0 Å². The summed E-state index contributed by atoms with van der Waals surface area (Å²) < 4.78 is 2.53. The van der Waals surface area contributed by atoms with Gasteiger partial charge in [0, 0.05) is 6.54 Å². The molecule has 1 saturated heterocycles. The van der Waals surface area contributed by atoms with E-state index < -0.39 is 0 Å². The lowest BCUT2D eigenvalue weighted by Crippen LogP contribution is -2.44. The Kier molecular flexibility index (Phi) is 4.98. The lowest BCUT2D eigenvalue weighted by Gasteiger charge is -2.45. The molecule has 0 amide bonds. The minimum absolute atomic E-state index is 0.204. The molecule has 0 saturated carbocycles. The highest BCUT2D eigenvalue weighted by molar-refractivity contribution is 8.56. The van der Waals surface area contributed by atoms with E-state index in [1.165, 1.54) is 24.8 Å². The number of rotatable bonds is 4. The van der Waals surface area contributed by atoms with Crippen molar-refractivity contribution in [3.05, 3.63) is 35.9 Å². The predicted octanol–water partition coefficient (Wildman–Crippen LogP) is 4.75. The van der Waals surface area contributed by atoms with Crippen LogP contribution in [0.3, 0.4) is 0 Å². The van der Waals surface area contributed by atoms with Gasteiger partial charge in [-0.25, -0.2) is 4.31 Å². The zero-order valence-electron chi connectivity index (χ0n) is 10.1. The van der Waals surface area contributed by atoms with Gasteiger partial charge in [-0.15, -0.1) is 0 Å². The Labute approximate surface area is 115 Å². The average Bonchev–Trinajstić information content (AvgIpc) is 2.41. The quantitative estimate of drug-likeness (QED) is 0.580. The second kappa shape index (κ2) is 6.29. The minimum Gasteiger partial charge on any atom is -0.232 e.